The zero-order valence-electron chi connectivity index (χ0n) is 8.27. The molecule has 1 aromatic rings. The van der Waals surface area contributed by atoms with Gasteiger partial charge in [-0.25, -0.2) is 0 Å². The molecule has 0 aliphatic carbocycles. The first-order chi connectivity index (χ1) is 7.31. The first-order valence-corrected chi connectivity index (χ1v) is 5.47. The van der Waals surface area contributed by atoms with E-state index in [1.807, 2.05) is 0 Å². The molecule has 2 rings (SSSR count). The van der Waals surface area contributed by atoms with Crippen molar-refractivity contribution in [3.63, 3.8) is 0 Å². The van der Waals surface area contributed by atoms with E-state index in [-0.39, 0.29) is 5.91 Å². The van der Waals surface area contributed by atoms with Gasteiger partial charge in [0, 0.05) is 24.4 Å². The molecular weight excluding hydrogens is 216 g/mol. The number of H-pyrrole nitrogens is 1. The van der Waals surface area contributed by atoms with E-state index in [2.05, 4.69) is 20.8 Å². The summed E-state index contributed by atoms with van der Waals surface area (Å²) < 4.78 is 0. The molecule has 82 valence electrons. The SMILES string of the molecule is O=C(CCCl)Nc1n[nH]c2c1CCNC2. The Hall–Kier alpha value is -1.07. The normalized spacial score (nSPS) is 14.7. The van der Waals surface area contributed by atoms with Crippen LogP contribution in [0.5, 0.6) is 0 Å². The van der Waals surface area contributed by atoms with Crippen molar-refractivity contribution in [3.05, 3.63) is 11.3 Å². The molecule has 6 heteroatoms. The predicted octanol–water partition coefficient (Wildman–Crippen LogP) is 0.623. The number of rotatable bonds is 3. The van der Waals surface area contributed by atoms with Crippen LogP contribution in [0.25, 0.3) is 0 Å². The van der Waals surface area contributed by atoms with E-state index < -0.39 is 0 Å². The van der Waals surface area contributed by atoms with E-state index in [0.717, 1.165) is 30.8 Å². The maximum absolute atomic E-state index is 11.3. The molecule has 0 bridgehead atoms. The van der Waals surface area contributed by atoms with Gasteiger partial charge < -0.3 is 10.6 Å². The van der Waals surface area contributed by atoms with E-state index in [9.17, 15) is 4.79 Å². The van der Waals surface area contributed by atoms with Crippen molar-refractivity contribution in [3.8, 4) is 0 Å². The summed E-state index contributed by atoms with van der Waals surface area (Å²) in [6.07, 6.45) is 1.21. The van der Waals surface area contributed by atoms with Gasteiger partial charge >= 0.3 is 0 Å². The Morgan fingerprint density at radius 1 is 1.60 bits per heavy atom. The molecule has 0 saturated heterocycles. The van der Waals surface area contributed by atoms with Crippen LogP contribution < -0.4 is 10.6 Å². The van der Waals surface area contributed by atoms with E-state index in [1.165, 1.54) is 0 Å². The molecular formula is C9H13ClN4O. The van der Waals surface area contributed by atoms with Crippen LogP contribution in [-0.2, 0) is 17.8 Å². The largest absolute Gasteiger partial charge is 0.311 e. The van der Waals surface area contributed by atoms with Gasteiger partial charge in [-0.05, 0) is 13.0 Å². The summed E-state index contributed by atoms with van der Waals surface area (Å²) in [4.78, 5) is 11.3. The lowest BCUT2D eigenvalue weighted by molar-refractivity contribution is -0.115. The molecule has 3 N–H and O–H groups in total. The first kappa shape index (κ1) is 10.4. The second kappa shape index (κ2) is 4.63. The first-order valence-electron chi connectivity index (χ1n) is 4.94. The lowest BCUT2D eigenvalue weighted by atomic mass is 10.1. The van der Waals surface area contributed by atoms with Crippen LogP contribution in [0.4, 0.5) is 5.82 Å². The van der Waals surface area contributed by atoms with Gasteiger partial charge in [0.1, 0.15) is 0 Å². The van der Waals surface area contributed by atoms with Crippen molar-refractivity contribution in [2.24, 2.45) is 0 Å². The minimum atomic E-state index is -0.0853. The number of anilines is 1. The van der Waals surface area contributed by atoms with Gasteiger partial charge in [0.15, 0.2) is 5.82 Å². The number of nitrogens with zero attached hydrogens (tertiary/aromatic N) is 1. The Morgan fingerprint density at radius 3 is 3.27 bits per heavy atom. The minimum Gasteiger partial charge on any atom is -0.311 e. The van der Waals surface area contributed by atoms with Crippen LogP contribution >= 0.6 is 11.6 Å². The Labute approximate surface area is 92.6 Å². The number of fused-ring (bicyclic) bond motifs is 1. The Balaban J connectivity index is 2.08. The third-order valence-electron chi connectivity index (χ3n) is 2.39. The highest BCUT2D eigenvalue weighted by atomic mass is 35.5. The van der Waals surface area contributed by atoms with E-state index >= 15 is 0 Å². The third-order valence-corrected chi connectivity index (χ3v) is 2.57. The van der Waals surface area contributed by atoms with Crippen LogP contribution in [0.2, 0.25) is 0 Å². The number of amides is 1. The Kier molecular flexibility index (Phi) is 3.23. The van der Waals surface area contributed by atoms with Crippen molar-refractivity contribution >= 4 is 23.3 Å². The number of hydrogen-bond donors (Lipinski definition) is 3. The molecule has 0 radical (unpaired) electrons. The molecule has 1 amide bonds. The van der Waals surface area contributed by atoms with Crippen LogP contribution in [0.15, 0.2) is 0 Å². The number of hydrogen-bond acceptors (Lipinski definition) is 3. The molecule has 2 heterocycles. The minimum absolute atomic E-state index is 0.0853. The predicted molar refractivity (Wildman–Crippen MR) is 58.0 cm³/mol. The zero-order valence-corrected chi connectivity index (χ0v) is 9.02. The van der Waals surface area contributed by atoms with Gasteiger partial charge in [0.25, 0.3) is 0 Å². The molecule has 0 atom stereocenters. The summed E-state index contributed by atoms with van der Waals surface area (Å²) in [5.74, 6) is 0.902. The van der Waals surface area contributed by atoms with E-state index in [4.69, 9.17) is 11.6 Å². The van der Waals surface area contributed by atoms with Crippen LogP contribution in [-0.4, -0.2) is 28.5 Å². The second-order valence-corrected chi connectivity index (χ2v) is 3.82. The van der Waals surface area contributed by atoms with Gasteiger partial charge in [-0.1, -0.05) is 0 Å². The van der Waals surface area contributed by atoms with Crippen molar-refractivity contribution < 1.29 is 4.79 Å². The van der Waals surface area contributed by atoms with Gasteiger partial charge in [0.05, 0.1) is 5.69 Å². The fourth-order valence-corrected chi connectivity index (χ4v) is 1.80. The van der Waals surface area contributed by atoms with Gasteiger partial charge in [0.2, 0.25) is 5.91 Å². The topological polar surface area (TPSA) is 69.8 Å². The van der Waals surface area contributed by atoms with Crippen LogP contribution in [0.1, 0.15) is 17.7 Å². The monoisotopic (exact) mass is 228 g/mol. The highest BCUT2D eigenvalue weighted by Crippen LogP contribution is 2.19. The fraction of sp³-hybridized carbons (Fsp3) is 0.556. The molecule has 5 nitrogen and oxygen atoms in total. The molecule has 0 aromatic carbocycles. The van der Waals surface area contributed by atoms with Crippen LogP contribution in [0, 0.1) is 0 Å². The summed E-state index contributed by atoms with van der Waals surface area (Å²) in [7, 11) is 0. The molecule has 0 spiro atoms. The number of nitrogens with one attached hydrogen (secondary N) is 3. The maximum atomic E-state index is 11.3. The lowest BCUT2D eigenvalue weighted by Crippen LogP contribution is -2.24. The molecule has 1 aliphatic rings. The highest BCUT2D eigenvalue weighted by Gasteiger charge is 2.17. The summed E-state index contributed by atoms with van der Waals surface area (Å²) in [5, 5.41) is 13.0. The average Bonchev–Trinajstić information content (AvgIpc) is 2.62. The van der Waals surface area contributed by atoms with Crippen molar-refractivity contribution in [1.82, 2.24) is 15.5 Å². The molecule has 1 aliphatic heterocycles. The van der Waals surface area contributed by atoms with Gasteiger partial charge in [-0.2, -0.15) is 5.10 Å². The average molecular weight is 229 g/mol. The maximum Gasteiger partial charge on any atom is 0.226 e. The number of aromatic nitrogens is 2. The third kappa shape index (κ3) is 2.30. The summed E-state index contributed by atoms with van der Waals surface area (Å²) >= 11 is 5.48. The Morgan fingerprint density at radius 2 is 2.47 bits per heavy atom. The summed E-state index contributed by atoms with van der Waals surface area (Å²) in [6, 6.07) is 0. The Bertz CT molecular complexity index is 363. The van der Waals surface area contributed by atoms with E-state index in [1.54, 1.807) is 0 Å². The van der Waals surface area contributed by atoms with Crippen molar-refractivity contribution in [2.75, 3.05) is 17.7 Å². The van der Waals surface area contributed by atoms with Crippen molar-refractivity contribution in [1.29, 1.82) is 0 Å². The standard InChI is InChI=1S/C9H13ClN4O/c10-3-1-8(15)12-9-6-2-4-11-5-7(6)13-14-9/h11H,1-5H2,(H2,12,13,14,15). The molecule has 0 unspecified atom stereocenters. The fourth-order valence-electron chi connectivity index (χ4n) is 1.63. The van der Waals surface area contributed by atoms with Gasteiger partial charge in [-0.3, -0.25) is 9.89 Å². The summed E-state index contributed by atoms with van der Waals surface area (Å²) in [5.41, 5.74) is 2.17. The number of carbonyl (C=O) groups excluding carboxylic acids is 1. The quantitative estimate of drug-likeness (QED) is 0.665. The molecule has 1 aromatic heterocycles. The number of alkyl halides is 1. The smallest absolute Gasteiger partial charge is 0.226 e. The van der Waals surface area contributed by atoms with Crippen molar-refractivity contribution in [2.45, 2.75) is 19.4 Å². The van der Waals surface area contributed by atoms with Gasteiger partial charge in [-0.15, -0.1) is 11.6 Å². The van der Waals surface area contributed by atoms with Crippen LogP contribution in [0.3, 0.4) is 0 Å². The molecule has 0 saturated carbocycles. The summed E-state index contributed by atoms with van der Waals surface area (Å²) in [6.45, 7) is 1.71. The molecule has 15 heavy (non-hydrogen) atoms. The lowest BCUT2D eigenvalue weighted by Gasteiger charge is -2.12. The number of halogens is 1. The zero-order chi connectivity index (χ0) is 10.7. The number of carbonyl (C=O) groups is 1. The highest BCUT2D eigenvalue weighted by molar-refractivity contribution is 6.19. The van der Waals surface area contributed by atoms with E-state index in [0.29, 0.717) is 18.1 Å². The second-order valence-electron chi connectivity index (χ2n) is 3.44. The number of aromatic amines is 1. The molecule has 0 fully saturated rings.